The minimum atomic E-state index is -0.153. The molecule has 1 nitrogen and oxygen atoms in total. The predicted molar refractivity (Wildman–Crippen MR) is 52.4 cm³/mol. The number of hydrogen-bond donors (Lipinski definition) is 0. The summed E-state index contributed by atoms with van der Waals surface area (Å²) in [4.78, 5) is 0. The van der Waals surface area contributed by atoms with Crippen molar-refractivity contribution in [2.45, 2.75) is 13.8 Å². The van der Waals surface area contributed by atoms with Gasteiger partial charge in [-0.3, -0.25) is 0 Å². The van der Waals surface area contributed by atoms with Gasteiger partial charge in [-0.2, -0.15) is 0 Å². The summed E-state index contributed by atoms with van der Waals surface area (Å²) >= 11 is 0. The van der Waals surface area contributed by atoms with Gasteiger partial charge in [0.15, 0.2) is 0 Å². The van der Waals surface area contributed by atoms with Crippen LogP contribution >= 0.6 is 0 Å². The van der Waals surface area contributed by atoms with E-state index in [9.17, 15) is 4.39 Å². The van der Waals surface area contributed by atoms with Gasteiger partial charge in [0.2, 0.25) is 0 Å². The zero-order valence-electron chi connectivity index (χ0n) is 8.06. The van der Waals surface area contributed by atoms with E-state index in [2.05, 4.69) is 0 Å². The van der Waals surface area contributed by atoms with Gasteiger partial charge in [-0.05, 0) is 37.1 Å². The van der Waals surface area contributed by atoms with E-state index in [1.807, 2.05) is 31.7 Å². The minimum Gasteiger partial charge on any atom is -0.350 e. The van der Waals surface area contributed by atoms with Gasteiger partial charge in [0.05, 0.1) is 5.52 Å². The summed E-state index contributed by atoms with van der Waals surface area (Å²) in [5, 5.41) is 1.01. The number of rotatable bonds is 0. The molecule has 2 rings (SSSR count). The molecule has 1 aromatic carbocycles. The Kier molecular flexibility index (Phi) is 1.65. The molecular weight excluding hydrogens is 165 g/mol. The second-order valence-electron chi connectivity index (χ2n) is 3.54. The molecule has 1 heterocycles. The van der Waals surface area contributed by atoms with E-state index >= 15 is 0 Å². The van der Waals surface area contributed by atoms with E-state index < -0.39 is 0 Å². The van der Waals surface area contributed by atoms with Crippen LogP contribution in [0.25, 0.3) is 10.9 Å². The van der Waals surface area contributed by atoms with E-state index in [0.717, 1.165) is 22.0 Å². The van der Waals surface area contributed by atoms with Gasteiger partial charge in [-0.1, -0.05) is 0 Å². The molecule has 13 heavy (non-hydrogen) atoms. The molecule has 0 radical (unpaired) electrons. The molecule has 68 valence electrons. The Hall–Kier alpha value is -1.31. The van der Waals surface area contributed by atoms with Crippen molar-refractivity contribution in [3.8, 4) is 0 Å². The molecule has 1 aromatic heterocycles. The van der Waals surface area contributed by atoms with Crippen molar-refractivity contribution in [2.24, 2.45) is 7.05 Å². The summed E-state index contributed by atoms with van der Waals surface area (Å²) in [6.07, 6.45) is 2.02. The summed E-state index contributed by atoms with van der Waals surface area (Å²) in [5.74, 6) is -0.153. The molecule has 0 saturated heterocycles. The molecule has 2 aromatic rings. The first-order valence-electron chi connectivity index (χ1n) is 4.31. The second kappa shape index (κ2) is 2.59. The fourth-order valence-electron chi connectivity index (χ4n) is 1.93. The van der Waals surface area contributed by atoms with Crippen LogP contribution in [0.5, 0.6) is 0 Å². The van der Waals surface area contributed by atoms with Crippen LogP contribution in [-0.2, 0) is 7.05 Å². The van der Waals surface area contributed by atoms with Gasteiger partial charge >= 0.3 is 0 Å². The Morgan fingerprint density at radius 2 is 1.85 bits per heavy atom. The van der Waals surface area contributed by atoms with Crippen molar-refractivity contribution in [3.05, 3.63) is 35.3 Å². The maximum atomic E-state index is 13.1. The van der Waals surface area contributed by atoms with Crippen molar-refractivity contribution in [2.75, 3.05) is 0 Å². The summed E-state index contributed by atoms with van der Waals surface area (Å²) in [6, 6.07) is 3.17. The Bertz CT molecular complexity index is 468. The zero-order valence-corrected chi connectivity index (χ0v) is 8.06. The van der Waals surface area contributed by atoms with Crippen LogP contribution in [0.2, 0.25) is 0 Å². The second-order valence-corrected chi connectivity index (χ2v) is 3.54. The van der Waals surface area contributed by atoms with E-state index in [-0.39, 0.29) is 5.82 Å². The maximum Gasteiger partial charge on any atom is 0.124 e. The molecule has 0 aliphatic heterocycles. The molecule has 0 bridgehead atoms. The number of benzene rings is 1. The minimum absolute atomic E-state index is 0.153. The Balaban J connectivity index is 2.97. The van der Waals surface area contributed by atoms with Gasteiger partial charge in [0, 0.05) is 18.6 Å². The fourth-order valence-corrected chi connectivity index (χ4v) is 1.93. The number of nitrogens with zero attached hydrogens (tertiary/aromatic N) is 1. The third kappa shape index (κ3) is 1.13. The number of hydrogen-bond acceptors (Lipinski definition) is 0. The lowest BCUT2D eigenvalue weighted by atomic mass is 10.1. The number of halogens is 1. The highest BCUT2D eigenvalue weighted by atomic mass is 19.1. The number of aromatic nitrogens is 1. The van der Waals surface area contributed by atoms with Crippen LogP contribution in [0, 0.1) is 19.7 Å². The standard InChI is InChI=1S/C11H12FN/c1-7-4-9(12)5-10-8(2)6-13(3)11(7)10/h4-6H,1-3H3. The molecule has 2 heteroatoms. The predicted octanol–water partition coefficient (Wildman–Crippen LogP) is 2.93. The molecule has 0 atom stereocenters. The van der Waals surface area contributed by atoms with Gasteiger partial charge in [-0.25, -0.2) is 4.39 Å². The summed E-state index contributed by atoms with van der Waals surface area (Å²) < 4.78 is 15.1. The van der Waals surface area contributed by atoms with Crippen LogP contribution < -0.4 is 0 Å². The maximum absolute atomic E-state index is 13.1. The average molecular weight is 177 g/mol. The molecule has 0 spiro atoms. The highest BCUT2D eigenvalue weighted by molar-refractivity contribution is 5.86. The van der Waals surface area contributed by atoms with E-state index in [1.165, 1.54) is 0 Å². The first kappa shape index (κ1) is 8.30. The number of fused-ring (bicyclic) bond motifs is 1. The normalized spacial score (nSPS) is 11.1. The summed E-state index contributed by atoms with van der Waals surface area (Å²) in [5.41, 5.74) is 3.24. The lowest BCUT2D eigenvalue weighted by Crippen LogP contribution is -1.88. The molecule has 0 N–H and O–H groups in total. The number of aryl methyl sites for hydroxylation is 3. The highest BCUT2D eigenvalue weighted by Crippen LogP contribution is 2.24. The Morgan fingerprint density at radius 1 is 1.15 bits per heavy atom. The SMILES string of the molecule is Cc1cn(C)c2c(C)cc(F)cc12. The average Bonchev–Trinajstić information content (AvgIpc) is 2.27. The fraction of sp³-hybridized carbons (Fsp3) is 0.273. The van der Waals surface area contributed by atoms with Crippen molar-refractivity contribution in [1.29, 1.82) is 0 Å². The largest absolute Gasteiger partial charge is 0.350 e. The lowest BCUT2D eigenvalue weighted by Gasteiger charge is -2.00. The van der Waals surface area contributed by atoms with E-state index in [1.54, 1.807) is 12.1 Å². The first-order valence-corrected chi connectivity index (χ1v) is 4.31. The third-order valence-electron chi connectivity index (χ3n) is 2.43. The van der Waals surface area contributed by atoms with Crippen molar-refractivity contribution >= 4 is 10.9 Å². The van der Waals surface area contributed by atoms with E-state index in [4.69, 9.17) is 0 Å². The molecule has 0 aliphatic rings. The first-order chi connectivity index (χ1) is 6.09. The van der Waals surface area contributed by atoms with Gasteiger partial charge in [-0.15, -0.1) is 0 Å². The highest BCUT2D eigenvalue weighted by Gasteiger charge is 2.06. The van der Waals surface area contributed by atoms with Crippen LogP contribution in [0.15, 0.2) is 18.3 Å². The van der Waals surface area contributed by atoms with Crippen LogP contribution in [0.3, 0.4) is 0 Å². The summed E-state index contributed by atoms with van der Waals surface area (Å²) in [7, 11) is 1.99. The Morgan fingerprint density at radius 3 is 2.54 bits per heavy atom. The topological polar surface area (TPSA) is 4.93 Å². The Labute approximate surface area is 76.8 Å². The van der Waals surface area contributed by atoms with Gasteiger partial charge in [0.25, 0.3) is 0 Å². The van der Waals surface area contributed by atoms with Crippen LogP contribution in [0.1, 0.15) is 11.1 Å². The molecule has 0 amide bonds. The molecule has 0 fully saturated rings. The van der Waals surface area contributed by atoms with E-state index in [0.29, 0.717) is 0 Å². The quantitative estimate of drug-likeness (QED) is 0.583. The van der Waals surface area contributed by atoms with Crippen LogP contribution in [0.4, 0.5) is 4.39 Å². The molecular formula is C11H12FN. The monoisotopic (exact) mass is 177 g/mol. The molecule has 0 unspecified atom stereocenters. The van der Waals surface area contributed by atoms with Crippen molar-refractivity contribution in [3.63, 3.8) is 0 Å². The molecule has 0 aliphatic carbocycles. The molecule has 0 saturated carbocycles. The zero-order chi connectivity index (χ0) is 9.59. The van der Waals surface area contributed by atoms with Crippen molar-refractivity contribution < 1.29 is 4.39 Å². The van der Waals surface area contributed by atoms with Gasteiger partial charge in [0.1, 0.15) is 5.82 Å². The smallest absolute Gasteiger partial charge is 0.124 e. The lowest BCUT2D eigenvalue weighted by molar-refractivity contribution is 0.628. The van der Waals surface area contributed by atoms with Crippen molar-refractivity contribution in [1.82, 2.24) is 4.57 Å². The third-order valence-corrected chi connectivity index (χ3v) is 2.43. The van der Waals surface area contributed by atoms with Gasteiger partial charge < -0.3 is 4.57 Å². The van der Waals surface area contributed by atoms with Crippen LogP contribution in [-0.4, -0.2) is 4.57 Å². The summed E-state index contributed by atoms with van der Waals surface area (Å²) in [6.45, 7) is 3.94.